The van der Waals surface area contributed by atoms with Gasteiger partial charge in [0.2, 0.25) is 0 Å². The van der Waals surface area contributed by atoms with Crippen molar-refractivity contribution in [3.63, 3.8) is 0 Å². The predicted octanol–water partition coefficient (Wildman–Crippen LogP) is 4.53. The molecule has 0 saturated heterocycles. The standard InChI is InChI=1S/C13H21BrN2/c1-4-5-6-7-11(3)16-13-10(2)8-12(14)9-15-13/h8-9,11H,4-7H2,1-3H3,(H,15,16). The van der Waals surface area contributed by atoms with Gasteiger partial charge in [-0.2, -0.15) is 0 Å². The first-order chi connectivity index (χ1) is 7.63. The number of aromatic nitrogens is 1. The van der Waals surface area contributed by atoms with Crippen LogP contribution in [0.4, 0.5) is 5.82 Å². The molecule has 0 aliphatic rings. The molecule has 1 heterocycles. The number of pyridine rings is 1. The molecule has 16 heavy (non-hydrogen) atoms. The number of halogens is 1. The lowest BCUT2D eigenvalue weighted by Crippen LogP contribution is -2.16. The van der Waals surface area contributed by atoms with Crippen molar-refractivity contribution < 1.29 is 0 Å². The van der Waals surface area contributed by atoms with E-state index >= 15 is 0 Å². The first kappa shape index (κ1) is 13.5. The van der Waals surface area contributed by atoms with Crippen LogP contribution in [-0.4, -0.2) is 11.0 Å². The van der Waals surface area contributed by atoms with Crippen LogP contribution in [0.15, 0.2) is 16.7 Å². The lowest BCUT2D eigenvalue weighted by molar-refractivity contribution is 0.613. The normalized spacial score (nSPS) is 12.5. The Labute approximate surface area is 107 Å². The van der Waals surface area contributed by atoms with E-state index < -0.39 is 0 Å². The maximum absolute atomic E-state index is 4.39. The minimum Gasteiger partial charge on any atom is -0.367 e. The van der Waals surface area contributed by atoms with E-state index in [1.807, 2.05) is 6.20 Å². The van der Waals surface area contributed by atoms with Gasteiger partial charge in [0.25, 0.3) is 0 Å². The van der Waals surface area contributed by atoms with Gasteiger partial charge in [0.15, 0.2) is 0 Å². The number of aryl methyl sites for hydroxylation is 1. The molecular weight excluding hydrogens is 264 g/mol. The lowest BCUT2D eigenvalue weighted by Gasteiger charge is -2.15. The van der Waals surface area contributed by atoms with Gasteiger partial charge in [0.05, 0.1) is 0 Å². The summed E-state index contributed by atoms with van der Waals surface area (Å²) in [5.74, 6) is 1.01. The highest BCUT2D eigenvalue weighted by Crippen LogP contribution is 2.18. The molecule has 2 nitrogen and oxygen atoms in total. The van der Waals surface area contributed by atoms with Crippen molar-refractivity contribution in [2.24, 2.45) is 0 Å². The molecule has 1 aromatic heterocycles. The SMILES string of the molecule is CCCCCC(C)Nc1ncc(Br)cc1C. The molecule has 0 saturated carbocycles. The fourth-order valence-corrected chi connectivity index (χ4v) is 2.14. The van der Waals surface area contributed by atoms with E-state index in [1.165, 1.54) is 31.2 Å². The monoisotopic (exact) mass is 284 g/mol. The molecule has 0 aliphatic carbocycles. The summed E-state index contributed by atoms with van der Waals surface area (Å²) in [5, 5.41) is 3.46. The van der Waals surface area contributed by atoms with Crippen molar-refractivity contribution in [2.75, 3.05) is 5.32 Å². The molecule has 0 aliphatic heterocycles. The third kappa shape index (κ3) is 4.52. The molecule has 1 atom stereocenters. The van der Waals surface area contributed by atoms with Crippen molar-refractivity contribution >= 4 is 21.7 Å². The van der Waals surface area contributed by atoms with E-state index in [2.05, 4.69) is 53.1 Å². The Morgan fingerprint density at radius 1 is 1.44 bits per heavy atom. The molecule has 1 rings (SSSR count). The Kier molecular flexibility index (Phi) is 5.81. The summed E-state index contributed by atoms with van der Waals surface area (Å²) in [6.07, 6.45) is 6.94. The van der Waals surface area contributed by atoms with E-state index in [-0.39, 0.29) is 0 Å². The third-order valence-electron chi connectivity index (χ3n) is 2.67. The molecule has 0 aromatic carbocycles. The van der Waals surface area contributed by atoms with Crippen LogP contribution in [-0.2, 0) is 0 Å². The van der Waals surface area contributed by atoms with E-state index in [0.29, 0.717) is 6.04 Å². The second-order valence-electron chi connectivity index (χ2n) is 4.36. The largest absolute Gasteiger partial charge is 0.367 e. The number of hydrogen-bond donors (Lipinski definition) is 1. The van der Waals surface area contributed by atoms with Gasteiger partial charge >= 0.3 is 0 Å². The Morgan fingerprint density at radius 2 is 2.19 bits per heavy atom. The summed E-state index contributed by atoms with van der Waals surface area (Å²) >= 11 is 3.42. The molecule has 0 amide bonds. The number of rotatable bonds is 6. The summed E-state index contributed by atoms with van der Waals surface area (Å²) in [4.78, 5) is 4.39. The zero-order valence-corrected chi connectivity index (χ0v) is 12.0. The van der Waals surface area contributed by atoms with Crippen LogP contribution in [0.1, 0.15) is 45.1 Å². The third-order valence-corrected chi connectivity index (χ3v) is 3.10. The Hall–Kier alpha value is -0.570. The molecule has 0 fully saturated rings. The maximum atomic E-state index is 4.39. The average molecular weight is 285 g/mol. The fraction of sp³-hybridized carbons (Fsp3) is 0.615. The van der Waals surface area contributed by atoms with Crippen LogP contribution >= 0.6 is 15.9 Å². The van der Waals surface area contributed by atoms with Gasteiger partial charge in [-0.25, -0.2) is 4.98 Å². The van der Waals surface area contributed by atoms with Gasteiger partial charge in [-0.1, -0.05) is 26.2 Å². The maximum Gasteiger partial charge on any atom is 0.129 e. The molecular formula is C13H21BrN2. The van der Waals surface area contributed by atoms with Crippen molar-refractivity contribution in [1.82, 2.24) is 4.98 Å². The zero-order chi connectivity index (χ0) is 12.0. The number of unbranched alkanes of at least 4 members (excludes halogenated alkanes) is 2. The van der Waals surface area contributed by atoms with Crippen LogP contribution in [0, 0.1) is 6.92 Å². The van der Waals surface area contributed by atoms with Crippen LogP contribution in [0.3, 0.4) is 0 Å². The molecule has 0 bridgehead atoms. The smallest absolute Gasteiger partial charge is 0.129 e. The molecule has 1 unspecified atom stereocenters. The van der Waals surface area contributed by atoms with Crippen LogP contribution in [0.5, 0.6) is 0 Å². The molecule has 0 radical (unpaired) electrons. The number of anilines is 1. The van der Waals surface area contributed by atoms with Crippen molar-refractivity contribution in [3.05, 3.63) is 22.3 Å². The molecule has 3 heteroatoms. The summed E-state index contributed by atoms with van der Waals surface area (Å²) in [7, 11) is 0. The molecule has 1 aromatic rings. The molecule has 1 N–H and O–H groups in total. The Bertz CT molecular complexity index is 326. The van der Waals surface area contributed by atoms with Gasteiger partial charge in [-0.05, 0) is 47.8 Å². The van der Waals surface area contributed by atoms with E-state index in [9.17, 15) is 0 Å². The summed E-state index contributed by atoms with van der Waals surface area (Å²) in [5.41, 5.74) is 1.19. The molecule has 0 spiro atoms. The Morgan fingerprint density at radius 3 is 2.81 bits per heavy atom. The average Bonchev–Trinajstić information content (AvgIpc) is 2.23. The van der Waals surface area contributed by atoms with Crippen molar-refractivity contribution in [3.8, 4) is 0 Å². The van der Waals surface area contributed by atoms with Gasteiger partial charge in [-0.3, -0.25) is 0 Å². The highest BCUT2D eigenvalue weighted by Gasteiger charge is 2.05. The molecule has 90 valence electrons. The van der Waals surface area contributed by atoms with E-state index in [4.69, 9.17) is 0 Å². The zero-order valence-electron chi connectivity index (χ0n) is 10.4. The summed E-state index contributed by atoms with van der Waals surface area (Å²) in [6.45, 7) is 6.54. The minimum absolute atomic E-state index is 0.499. The van der Waals surface area contributed by atoms with Crippen LogP contribution in [0.25, 0.3) is 0 Å². The van der Waals surface area contributed by atoms with Crippen LogP contribution in [0.2, 0.25) is 0 Å². The second-order valence-corrected chi connectivity index (χ2v) is 5.28. The first-order valence-corrected chi connectivity index (χ1v) is 6.81. The van der Waals surface area contributed by atoms with Gasteiger partial charge in [0.1, 0.15) is 5.82 Å². The lowest BCUT2D eigenvalue weighted by atomic mass is 10.1. The summed E-state index contributed by atoms with van der Waals surface area (Å²) < 4.78 is 1.04. The second kappa shape index (κ2) is 6.89. The topological polar surface area (TPSA) is 24.9 Å². The van der Waals surface area contributed by atoms with Crippen molar-refractivity contribution in [1.29, 1.82) is 0 Å². The van der Waals surface area contributed by atoms with E-state index in [1.54, 1.807) is 0 Å². The highest BCUT2D eigenvalue weighted by atomic mass is 79.9. The number of nitrogens with one attached hydrogen (secondary N) is 1. The number of hydrogen-bond acceptors (Lipinski definition) is 2. The van der Waals surface area contributed by atoms with Crippen molar-refractivity contribution in [2.45, 2.75) is 52.5 Å². The number of nitrogens with zero attached hydrogens (tertiary/aromatic N) is 1. The fourth-order valence-electron chi connectivity index (χ4n) is 1.70. The quantitative estimate of drug-likeness (QED) is 0.776. The highest BCUT2D eigenvalue weighted by molar-refractivity contribution is 9.10. The van der Waals surface area contributed by atoms with Gasteiger partial charge in [0, 0.05) is 16.7 Å². The minimum atomic E-state index is 0.499. The van der Waals surface area contributed by atoms with E-state index in [0.717, 1.165) is 10.3 Å². The predicted molar refractivity (Wildman–Crippen MR) is 73.9 cm³/mol. The van der Waals surface area contributed by atoms with Crippen LogP contribution < -0.4 is 5.32 Å². The Balaban J connectivity index is 2.46. The van der Waals surface area contributed by atoms with Gasteiger partial charge in [-0.15, -0.1) is 0 Å². The van der Waals surface area contributed by atoms with Gasteiger partial charge < -0.3 is 5.32 Å². The summed E-state index contributed by atoms with van der Waals surface area (Å²) in [6, 6.07) is 2.59. The first-order valence-electron chi connectivity index (χ1n) is 6.02.